The van der Waals surface area contributed by atoms with Crippen molar-refractivity contribution in [1.29, 1.82) is 0 Å². The third-order valence-corrected chi connectivity index (χ3v) is 6.39. The molecule has 1 aliphatic rings. The van der Waals surface area contributed by atoms with Gasteiger partial charge in [0, 0.05) is 33.6 Å². The number of aryl methyl sites for hydroxylation is 2. The molecule has 0 bridgehead atoms. The van der Waals surface area contributed by atoms with Crippen LogP contribution >= 0.6 is 23.1 Å². The summed E-state index contributed by atoms with van der Waals surface area (Å²) in [6, 6.07) is 6.29. The maximum absolute atomic E-state index is 12.5. The number of rotatable bonds is 4. The number of nitrogens with one attached hydrogen (secondary N) is 1. The number of hydrogen-bond acceptors (Lipinski definition) is 5. The van der Waals surface area contributed by atoms with Gasteiger partial charge in [0.15, 0.2) is 4.34 Å². The third-order valence-electron chi connectivity index (χ3n) is 4.34. The van der Waals surface area contributed by atoms with Crippen LogP contribution < -0.4 is 11.1 Å². The van der Waals surface area contributed by atoms with Crippen LogP contribution in [-0.2, 0) is 4.79 Å². The molecule has 1 aliphatic carbocycles. The molecule has 128 valence electrons. The Morgan fingerprint density at radius 1 is 1.38 bits per heavy atom. The fraction of sp³-hybridized carbons (Fsp3) is 0.444. The number of benzene rings is 1. The maximum Gasteiger partial charge on any atom is 0.227 e. The van der Waals surface area contributed by atoms with E-state index >= 15 is 0 Å². The highest BCUT2D eigenvalue weighted by Crippen LogP contribution is 2.33. The van der Waals surface area contributed by atoms with Gasteiger partial charge in [-0.05, 0) is 56.9 Å². The number of carbonyl (C=O) groups is 1. The molecule has 4 nitrogen and oxygen atoms in total. The van der Waals surface area contributed by atoms with Crippen LogP contribution in [0.3, 0.4) is 0 Å². The van der Waals surface area contributed by atoms with Crippen molar-refractivity contribution in [3.8, 4) is 0 Å². The quantitative estimate of drug-likeness (QED) is 0.848. The average Bonchev–Trinajstić information content (AvgIpc) is 2.95. The Hall–Kier alpha value is -1.37. The van der Waals surface area contributed by atoms with E-state index < -0.39 is 0 Å². The Labute approximate surface area is 151 Å². The van der Waals surface area contributed by atoms with Crippen molar-refractivity contribution < 1.29 is 4.79 Å². The molecule has 24 heavy (non-hydrogen) atoms. The number of amides is 1. The Balaban J connectivity index is 1.65. The highest BCUT2D eigenvalue weighted by molar-refractivity contribution is 8.01. The van der Waals surface area contributed by atoms with Crippen LogP contribution in [0, 0.1) is 19.8 Å². The molecule has 2 atom stereocenters. The van der Waals surface area contributed by atoms with Gasteiger partial charge in [0.25, 0.3) is 0 Å². The van der Waals surface area contributed by atoms with Gasteiger partial charge in [0.2, 0.25) is 5.91 Å². The zero-order valence-electron chi connectivity index (χ0n) is 14.0. The molecule has 0 saturated heterocycles. The van der Waals surface area contributed by atoms with Gasteiger partial charge in [-0.2, -0.15) is 0 Å². The van der Waals surface area contributed by atoms with Crippen LogP contribution in [0.4, 0.5) is 5.69 Å². The number of anilines is 1. The lowest BCUT2D eigenvalue weighted by Crippen LogP contribution is -2.34. The Kier molecular flexibility index (Phi) is 5.58. The SMILES string of the molecule is Cc1csc(Sc2ccc(NC(=O)C3CCCC(N)C3)c(C)c2)n1. The van der Waals surface area contributed by atoms with Crippen molar-refractivity contribution in [3.05, 3.63) is 34.8 Å². The van der Waals surface area contributed by atoms with E-state index in [1.54, 1.807) is 23.1 Å². The Morgan fingerprint density at radius 3 is 2.88 bits per heavy atom. The van der Waals surface area contributed by atoms with Crippen molar-refractivity contribution in [2.24, 2.45) is 11.7 Å². The number of aromatic nitrogens is 1. The summed E-state index contributed by atoms with van der Waals surface area (Å²) < 4.78 is 1.04. The number of hydrogen-bond donors (Lipinski definition) is 2. The van der Waals surface area contributed by atoms with Crippen molar-refractivity contribution in [2.75, 3.05) is 5.32 Å². The first kappa shape index (κ1) is 17.5. The third kappa shape index (κ3) is 4.37. The van der Waals surface area contributed by atoms with Gasteiger partial charge >= 0.3 is 0 Å². The summed E-state index contributed by atoms with van der Waals surface area (Å²) >= 11 is 3.31. The fourth-order valence-electron chi connectivity index (χ4n) is 3.02. The fourth-order valence-corrected chi connectivity index (χ4v) is 4.93. The van der Waals surface area contributed by atoms with Crippen LogP contribution in [0.15, 0.2) is 32.8 Å². The average molecular weight is 362 g/mol. The lowest BCUT2D eigenvalue weighted by Gasteiger charge is -2.26. The minimum atomic E-state index is 0.0421. The van der Waals surface area contributed by atoms with E-state index in [0.29, 0.717) is 0 Å². The molecule has 1 fully saturated rings. The monoisotopic (exact) mass is 361 g/mol. The highest BCUT2D eigenvalue weighted by Gasteiger charge is 2.25. The number of carbonyl (C=O) groups excluding carboxylic acids is 1. The van der Waals surface area contributed by atoms with Gasteiger partial charge in [-0.3, -0.25) is 4.79 Å². The minimum Gasteiger partial charge on any atom is -0.328 e. The lowest BCUT2D eigenvalue weighted by molar-refractivity contribution is -0.120. The largest absolute Gasteiger partial charge is 0.328 e. The Morgan fingerprint density at radius 2 is 2.21 bits per heavy atom. The first-order valence-electron chi connectivity index (χ1n) is 8.28. The summed E-state index contributed by atoms with van der Waals surface area (Å²) in [6.07, 6.45) is 3.81. The predicted molar refractivity (Wildman–Crippen MR) is 101 cm³/mol. The summed E-state index contributed by atoms with van der Waals surface area (Å²) in [4.78, 5) is 18.1. The van der Waals surface area contributed by atoms with E-state index in [4.69, 9.17) is 5.73 Å². The topological polar surface area (TPSA) is 68.0 Å². The van der Waals surface area contributed by atoms with Crippen molar-refractivity contribution in [1.82, 2.24) is 4.98 Å². The van der Waals surface area contributed by atoms with Crippen molar-refractivity contribution in [3.63, 3.8) is 0 Å². The zero-order valence-corrected chi connectivity index (χ0v) is 15.7. The van der Waals surface area contributed by atoms with Crippen LogP contribution in [0.1, 0.15) is 36.9 Å². The van der Waals surface area contributed by atoms with E-state index in [2.05, 4.69) is 21.7 Å². The molecular formula is C18H23N3OS2. The van der Waals surface area contributed by atoms with E-state index in [0.717, 1.165) is 51.9 Å². The van der Waals surface area contributed by atoms with Gasteiger partial charge < -0.3 is 11.1 Å². The number of thiazole rings is 1. The molecule has 1 saturated carbocycles. The van der Waals surface area contributed by atoms with E-state index in [1.165, 1.54) is 0 Å². The zero-order chi connectivity index (χ0) is 17.1. The summed E-state index contributed by atoms with van der Waals surface area (Å²) in [5.41, 5.74) is 9.00. The van der Waals surface area contributed by atoms with Gasteiger partial charge in [-0.25, -0.2) is 4.98 Å². The van der Waals surface area contributed by atoms with Crippen molar-refractivity contribution >= 4 is 34.7 Å². The molecule has 0 radical (unpaired) electrons. The molecule has 3 N–H and O–H groups in total. The molecule has 6 heteroatoms. The first-order chi connectivity index (χ1) is 11.5. The summed E-state index contributed by atoms with van der Waals surface area (Å²) in [7, 11) is 0. The second kappa shape index (κ2) is 7.68. The molecule has 3 rings (SSSR count). The molecule has 1 aromatic carbocycles. The van der Waals surface area contributed by atoms with Crippen LogP contribution in [0.2, 0.25) is 0 Å². The first-order valence-corrected chi connectivity index (χ1v) is 9.98. The molecule has 1 aromatic heterocycles. The second-order valence-corrected chi connectivity index (χ2v) is 8.63. The van der Waals surface area contributed by atoms with Crippen LogP contribution in [-0.4, -0.2) is 16.9 Å². The van der Waals surface area contributed by atoms with Gasteiger partial charge in [-0.1, -0.05) is 18.2 Å². The minimum absolute atomic E-state index is 0.0421. The molecule has 1 heterocycles. The number of nitrogens with two attached hydrogens (primary N) is 1. The van der Waals surface area contributed by atoms with Gasteiger partial charge in [0.1, 0.15) is 0 Å². The van der Waals surface area contributed by atoms with Gasteiger partial charge in [-0.15, -0.1) is 11.3 Å². The standard InChI is InChI=1S/C18H23N3OS2/c1-11-8-15(24-18-20-12(2)10-23-18)6-7-16(11)21-17(22)13-4-3-5-14(19)9-13/h6-8,10,13-14H,3-5,9,19H2,1-2H3,(H,21,22). The molecule has 2 unspecified atom stereocenters. The summed E-state index contributed by atoms with van der Waals surface area (Å²) in [5.74, 6) is 0.143. The molecule has 2 aromatic rings. The van der Waals surface area contributed by atoms with Crippen LogP contribution in [0.25, 0.3) is 0 Å². The van der Waals surface area contributed by atoms with E-state index in [9.17, 15) is 4.79 Å². The number of nitrogens with zero attached hydrogens (tertiary/aromatic N) is 1. The molecule has 0 aliphatic heterocycles. The predicted octanol–water partition coefficient (Wildman–Crippen LogP) is 4.37. The van der Waals surface area contributed by atoms with Gasteiger partial charge in [0.05, 0.1) is 0 Å². The summed E-state index contributed by atoms with van der Waals surface area (Å²) in [6.45, 7) is 4.03. The maximum atomic E-state index is 12.5. The molecule has 1 amide bonds. The van der Waals surface area contributed by atoms with E-state index in [1.807, 2.05) is 26.0 Å². The summed E-state index contributed by atoms with van der Waals surface area (Å²) in [5, 5.41) is 5.13. The van der Waals surface area contributed by atoms with Crippen molar-refractivity contribution in [2.45, 2.75) is 54.8 Å². The highest BCUT2D eigenvalue weighted by atomic mass is 32.2. The molecule has 0 spiro atoms. The lowest BCUT2D eigenvalue weighted by atomic mass is 9.85. The van der Waals surface area contributed by atoms with E-state index in [-0.39, 0.29) is 17.9 Å². The normalized spacial score (nSPS) is 20.8. The van der Waals surface area contributed by atoms with Crippen LogP contribution in [0.5, 0.6) is 0 Å². The smallest absolute Gasteiger partial charge is 0.227 e. The second-order valence-electron chi connectivity index (χ2n) is 6.45. The Bertz CT molecular complexity index is 729. The molecular weight excluding hydrogens is 338 g/mol.